The quantitative estimate of drug-likeness (QED) is 0.577. The molecule has 1 fully saturated rings. The number of hydrogen-bond donors (Lipinski definition) is 2. The number of benzene rings is 2. The first kappa shape index (κ1) is 20.7. The molecule has 158 valence electrons. The largest absolute Gasteiger partial charge is 0.352 e. The van der Waals surface area contributed by atoms with Gasteiger partial charge in [-0.1, -0.05) is 35.0 Å². The number of nitrogens with one attached hydrogen (secondary N) is 2. The molecule has 9 nitrogen and oxygen atoms in total. The predicted molar refractivity (Wildman–Crippen MR) is 112 cm³/mol. The van der Waals surface area contributed by atoms with Crippen LogP contribution in [0.15, 0.2) is 47.3 Å². The Labute approximate surface area is 181 Å². The van der Waals surface area contributed by atoms with Crippen molar-refractivity contribution in [1.82, 2.24) is 25.6 Å². The Morgan fingerprint density at radius 3 is 2.61 bits per heavy atom. The Bertz CT molecular complexity index is 1240. The molecule has 0 bridgehead atoms. The third kappa shape index (κ3) is 4.61. The Hall–Kier alpha value is -3.59. The maximum absolute atomic E-state index is 12.8. The van der Waals surface area contributed by atoms with Gasteiger partial charge in [-0.3, -0.25) is 24.5 Å². The standard InChI is InChI=1S/C21H18ClN5O4/c22-14-4-1-12(2-5-14)10-19(29)23-11-13-3-6-15-16(9-13)25-26-27(21(15)31)17-7-8-18(28)24-20(17)30/h1-6,9,17H,7-8,10-11H2,(H,23,29)(H,24,28,30). The van der Waals surface area contributed by atoms with Crippen molar-refractivity contribution in [2.75, 3.05) is 0 Å². The van der Waals surface area contributed by atoms with Crippen molar-refractivity contribution in [3.63, 3.8) is 0 Å². The molecule has 0 radical (unpaired) electrons. The molecule has 31 heavy (non-hydrogen) atoms. The summed E-state index contributed by atoms with van der Waals surface area (Å²) in [6, 6.07) is 11.2. The van der Waals surface area contributed by atoms with Crippen LogP contribution in [-0.4, -0.2) is 32.7 Å². The SMILES string of the molecule is O=C(Cc1ccc(Cl)cc1)NCc1ccc2c(=O)n(C3CCC(=O)NC3=O)nnc2c1. The predicted octanol–water partition coefficient (Wildman–Crippen LogP) is 1.28. The molecule has 10 heteroatoms. The number of piperidine rings is 1. The van der Waals surface area contributed by atoms with E-state index in [4.69, 9.17) is 11.6 Å². The molecule has 1 unspecified atom stereocenters. The highest BCUT2D eigenvalue weighted by Crippen LogP contribution is 2.17. The first-order valence-electron chi connectivity index (χ1n) is 9.63. The maximum Gasteiger partial charge on any atom is 0.278 e. The van der Waals surface area contributed by atoms with Crippen LogP contribution in [0.2, 0.25) is 5.02 Å². The van der Waals surface area contributed by atoms with Gasteiger partial charge in [-0.05, 0) is 41.8 Å². The third-order valence-corrected chi connectivity index (χ3v) is 5.27. The number of carbonyl (C=O) groups excluding carboxylic acids is 3. The first-order chi connectivity index (χ1) is 14.9. The van der Waals surface area contributed by atoms with Crippen LogP contribution < -0.4 is 16.2 Å². The molecule has 3 amide bonds. The summed E-state index contributed by atoms with van der Waals surface area (Å²) in [6.07, 6.45) is 0.556. The molecule has 3 aromatic rings. The van der Waals surface area contributed by atoms with Gasteiger partial charge in [0.25, 0.3) is 11.5 Å². The van der Waals surface area contributed by atoms with E-state index >= 15 is 0 Å². The molecule has 1 aliphatic heterocycles. The van der Waals surface area contributed by atoms with Gasteiger partial charge in [0.1, 0.15) is 11.6 Å². The summed E-state index contributed by atoms with van der Waals surface area (Å²) in [5.74, 6) is -1.08. The number of amides is 3. The Morgan fingerprint density at radius 2 is 1.87 bits per heavy atom. The molecule has 1 aliphatic rings. The smallest absolute Gasteiger partial charge is 0.278 e. The average molecular weight is 440 g/mol. The van der Waals surface area contributed by atoms with Gasteiger partial charge in [0.2, 0.25) is 11.8 Å². The van der Waals surface area contributed by atoms with Gasteiger partial charge in [-0.2, -0.15) is 4.68 Å². The second-order valence-electron chi connectivity index (χ2n) is 7.24. The van der Waals surface area contributed by atoms with Crippen molar-refractivity contribution < 1.29 is 14.4 Å². The van der Waals surface area contributed by atoms with E-state index < -0.39 is 17.5 Å². The fraction of sp³-hybridized carbons (Fsp3) is 0.238. The number of fused-ring (bicyclic) bond motifs is 1. The molecular weight excluding hydrogens is 422 g/mol. The number of rotatable bonds is 5. The first-order valence-corrected chi connectivity index (χ1v) is 10.0. The van der Waals surface area contributed by atoms with Crippen molar-refractivity contribution in [2.45, 2.75) is 31.8 Å². The van der Waals surface area contributed by atoms with E-state index in [0.717, 1.165) is 15.8 Å². The Morgan fingerprint density at radius 1 is 1.13 bits per heavy atom. The lowest BCUT2D eigenvalue weighted by atomic mass is 10.1. The highest BCUT2D eigenvalue weighted by molar-refractivity contribution is 6.30. The van der Waals surface area contributed by atoms with Crippen molar-refractivity contribution in [2.24, 2.45) is 0 Å². The van der Waals surface area contributed by atoms with Gasteiger partial charge in [-0.15, -0.1) is 5.10 Å². The molecule has 0 saturated carbocycles. The lowest BCUT2D eigenvalue weighted by Gasteiger charge is -2.21. The second kappa shape index (κ2) is 8.65. The fourth-order valence-corrected chi connectivity index (χ4v) is 3.51. The van der Waals surface area contributed by atoms with Gasteiger partial charge in [-0.25, -0.2) is 0 Å². The molecule has 0 aliphatic carbocycles. The van der Waals surface area contributed by atoms with Crippen LogP contribution in [0.1, 0.15) is 30.0 Å². The molecular formula is C21H18ClN5O4. The van der Waals surface area contributed by atoms with E-state index in [-0.39, 0.29) is 37.6 Å². The summed E-state index contributed by atoms with van der Waals surface area (Å²) in [5, 5.41) is 13.9. The van der Waals surface area contributed by atoms with Gasteiger partial charge in [0.15, 0.2) is 0 Å². The summed E-state index contributed by atoms with van der Waals surface area (Å²) in [6.45, 7) is 0.264. The summed E-state index contributed by atoms with van der Waals surface area (Å²) in [4.78, 5) is 48.3. The average Bonchev–Trinajstić information content (AvgIpc) is 2.75. The number of hydrogen-bond acceptors (Lipinski definition) is 6. The molecule has 2 N–H and O–H groups in total. The minimum Gasteiger partial charge on any atom is -0.352 e. The lowest BCUT2D eigenvalue weighted by molar-refractivity contribution is -0.136. The van der Waals surface area contributed by atoms with Gasteiger partial charge >= 0.3 is 0 Å². The van der Waals surface area contributed by atoms with E-state index in [1.165, 1.54) is 0 Å². The number of nitrogens with zero attached hydrogens (tertiary/aromatic N) is 3. The number of imide groups is 1. The normalized spacial score (nSPS) is 16.2. The molecule has 4 rings (SSSR count). The van der Waals surface area contributed by atoms with Crippen LogP contribution in [0, 0.1) is 0 Å². The van der Waals surface area contributed by atoms with Crippen LogP contribution in [0.4, 0.5) is 0 Å². The number of carbonyl (C=O) groups is 3. The molecule has 2 aromatic carbocycles. The maximum atomic E-state index is 12.8. The molecule has 1 atom stereocenters. The van der Waals surface area contributed by atoms with E-state index in [1.807, 2.05) is 0 Å². The Balaban J connectivity index is 1.46. The van der Waals surface area contributed by atoms with Gasteiger partial charge < -0.3 is 5.32 Å². The van der Waals surface area contributed by atoms with Crippen LogP contribution >= 0.6 is 11.6 Å². The summed E-state index contributed by atoms with van der Waals surface area (Å²) < 4.78 is 1.01. The molecule has 1 aromatic heterocycles. The van der Waals surface area contributed by atoms with Crippen molar-refractivity contribution in [3.8, 4) is 0 Å². The van der Waals surface area contributed by atoms with Crippen LogP contribution in [-0.2, 0) is 27.3 Å². The van der Waals surface area contributed by atoms with E-state index in [0.29, 0.717) is 15.9 Å². The topological polar surface area (TPSA) is 123 Å². The van der Waals surface area contributed by atoms with Crippen LogP contribution in [0.25, 0.3) is 10.9 Å². The van der Waals surface area contributed by atoms with E-state index in [1.54, 1.807) is 42.5 Å². The van der Waals surface area contributed by atoms with Gasteiger partial charge in [0, 0.05) is 18.0 Å². The lowest BCUT2D eigenvalue weighted by Crippen LogP contribution is -2.45. The van der Waals surface area contributed by atoms with Crippen LogP contribution in [0.5, 0.6) is 0 Å². The molecule has 2 heterocycles. The molecule has 0 spiro atoms. The monoisotopic (exact) mass is 439 g/mol. The van der Waals surface area contributed by atoms with Crippen LogP contribution in [0.3, 0.4) is 0 Å². The summed E-state index contributed by atoms with van der Waals surface area (Å²) in [7, 11) is 0. The fourth-order valence-electron chi connectivity index (χ4n) is 3.38. The van der Waals surface area contributed by atoms with Crippen molar-refractivity contribution in [3.05, 3.63) is 69.0 Å². The third-order valence-electron chi connectivity index (χ3n) is 5.02. The molecule has 1 saturated heterocycles. The highest BCUT2D eigenvalue weighted by Gasteiger charge is 2.30. The Kier molecular flexibility index (Phi) is 5.77. The zero-order valence-corrected chi connectivity index (χ0v) is 17.1. The number of aromatic nitrogens is 3. The minimum absolute atomic E-state index is 0.136. The van der Waals surface area contributed by atoms with E-state index in [9.17, 15) is 19.2 Å². The highest BCUT2D eigenvalue weighted by atomic mass is 35.5. The number of halogens is 1. The second-order valence-corrected chi connectivity index (χ2v) is 7.67. The van der Waals surface area contributed by atoms with Crippen molar-refractivity contribution >= 4 is 40.2 Å². The van der Waals surface area contributed by atoms with Gasteiger partial charge in [0.05, 0.1) is 11.8 Å². The zero-order chi connectivity index (χ0) is 22.0. The summed E-state index contributed by atoms with van der Waals surface area (Å²) >= 11 is 5.85. The minimum atomic E-state index is -0.867. The van der Waals surface area contributed by atoms with Crippen molar-refractivity contribution in [1.29, 1.82) is 0 Å². The van der Waals surface area contributed by atoms with E-state index in [2.05, 4.69) is 20.9 Å². The zero-order valence-electron chi connectivity index (χ0n) is 16.3. The summed E-state index contributed by atoms with van der Waals surface area (Å²) in [5.41, 5.74) is 1.50.